The van der Waals surface area contributed by atoms with E-state index in [4.69, 9.17) is 19.3 Å². The fourth-order valence-electron chi connectivity index (χ4n) is 8.62. The molecular weight excluding hydrogens is 763 g/mol. The highest BCUT2D eigenvalue weighted by Gasteiger charge is 2.30. The van der Waals surface area contributed by atoms with E-state index in [1.54, 1.807) is 4.31 Å². The predicted molar refractivity (Wildman–Crippen MR) is 235 cm³/mol. The second-order valence-corrected chi connectivity index (χ2v) is 17.3. The SMILES string of the molecule is CCOC(=O)c1c(CCCOc2cccc3ccccc23)c2cccc3c2n1CCCN(C)Cc1nn(C)c(COc2ccc(N4CCN([S+]([O-])N(C)C)CC4)cc2)c1-3. The Hall–Kier alpha value is -5.05. The molecule has 0 aliphatic carbocycles. The third kappa shape index (κ3) is 8.53. The molecule has 13 heteroatoms. The second-order valence-electron chi connectivity index (χ2n) is 15.6. The summed E-state index contributed by atoms with van der Waals surface area (Å²) in [4.78, 5) is 18.6. The van der Waals surface area contributed by atoms with Crippen molar-refractivity contribution in [1.29, 1.82) is 0 Å². The topological polar surface area (TPSA) is 104 Å². The van der Waals surface area contributed by atoms with E-state index in [0.29, 0.717) is 45.0 Å². The van der Waals surface area contributed by atoms with Gasteiger partial charge in [-0.2, -0.15) is 5.10 Å². The van der Waals surface area contributed by atoms with Gasteiger partial charge in [0, 0.05) is 74.9 Å². The zero-order chi connectivity index (χ0) is 41.0. The summed E-state index contributed by atoms with van der Waals surface area (Å²) < 4.78 is 39.1. The van der Waals surface area contributed by atoms with E-state index < -0.39 is 11.5 Å². The van der Waals surface area contributed by atoms with Crippen molar-refractivity contribution in [1.82, 2.24) is 27.9 Å². The maximum atomic E-state index is 14.0. The lowest BCUT2D eigenvalue weighted by atomic mass is 9.97. The van der Waals surface area contributed by atoms with Gasteiger partial charge in [0.05, 0.1) is 43.2 Å². The minimum atomic E-state index is -1.11. The number of carbonyl (C=O) groups is 1. The third-order valence-electron chi connectivity index (χ3n) is 11.4. The number of esters is 1. The number of ether oxygens (including phenoxy) is 3. The first-order chi connectivity index (χ1) is 28.7. The lowest BCUT2D eigenvalue weighted by Gasteiger charge is -2.36. The van der Waals surface area contributed by atoms with Crippen LogP contribution in [0.15, 0.2) is 84.9 Å². The summed E-state index contributed by atoms with van der Waals surface area (Å²) in [6.45, 7) is 8.28. The largest absolute Gasteiger partial charge is 0.578 e. The first kappa shape index (κ1) is 40.7. The molecule has 1 unspecified atom stereocenters. The average molecular weight is 818 g/mol. The summed E-state index contributed by atoms with van der Waals surface area (Å²) in [6, 6.07) is 29.1. The summed E-state index contributed by atoms with van der Waals surface area (Å²) in [5, 5.41) is 8.39. The van der Waals surface area contributed by atoms with E-state index in [0.717, 1.165) is 113 Å². The summed E-state index contributed by atoms with van der Waals surface area (Å²) in [7, 11) is 7.80. The van der Waals surface area contributed by atoms with Gasteiger partial charge in [-0.05, 0) is 81.1 Å². The van der Waals surface area contributed by atoms with Crippen molar-refractivity contribution in [2.24, 2.45) is 7.05 Å². The molecule has 0 radical (unpaired) electrons. The van der Waals surface area contributed by atoms with Crippen LogP contribution in [0.3, 0.4) is 0 Å². The molecule has 12 nitrogen and oxygen atoms in total. The summed E-state index contributed by atoms with van der Waals surface area (Å²) >= 11 is -1.11. The number of hydrogen-bond donors (Lipinski definition) is 0. The van der Waals surface area contributed by atoms with Crippen LogP contribution in [0.4, 0.5) is 5.69 Å². The van der Waals surface area contributed by atoms with Gasteiger partial charge < -0.3 is 33.1 Å². The van der Waals surface area contributed by atoms with Gasteiger partial charge >= 0.3 is 5.97 Å². The Morgan fingerprint density at radius 3 is 2.39 bits per heavy atom. The first-order valence-corrected chi connectivity index (χ1v) is 21.8. The predicted octanol–water partition coefficient (Wildman–Crippen LogP) is 7.06. The Morgan fingerprint density at radius 2 is 1.61 bits per heavy atom. The van der Waals surface area contributed by atoms with E-state index in [1.165, 1.54) is 0 Å². The zero-order valence-corrected chi connectivity index (χ0v) is 35.7. The number of aryl methyl sites for hydroxylation is 3. The van der Waals surface area contributed by atoms with E-state index in [-0.39, 0.29) is 5.97 Å². The van der Waals surface area contributed by atoms with Crippen molar-refractivity contribution in [2.75, 3.05) is 72.0 Å². The molecule has 2 aromatic heterocycles. The Labute approximate surface area is 350 Å². The quantitative estimate of drug-likeness (QED) is 0.0684. The van der Waals surface area contributed by atoms with Crippen LogP contribution in [0.2, 0.25) is 0 Å². The molecule has 0 spiro atoms. The van der Waals surface area contributed by atoms with Crippen LogP contribution in [0.25, 0.3) is 32.8 Å². The van der Waals surface area contributed by atoms with Gasteiger partial charge in [0.1, 0.15) is 35.3 Å². The molecule has 6 aromatic rings. The van der Waals surface area contributed by atoms with Crippen LogP contribution in [0.1, 0.15) is 47.2 Å². The number of anilines is 1. The van der Waals surface area contributed by atoms with Gasteiger partial charge in [-0.1, -0.05) is 54.6 Å². The summed E-state index contributed by atoms with van der Waals surface area (Å²) in [5.74, 6) is 1.34. The number of carbonyl (C=O) groups excluding carboxylic acids is 1. The number of benzene rings is 4. The van der Waals surface area contributed by atoms with Crippen LogP contribution in [0, 0.1) is 0 Å². The summed E-state index contributed by atoms with van der Waals surface area (Å²) in [5.41, 5.74) is 7.77. The number of para-hydroxylation sites is 1. The second kappa shape index (κ2) is 18.1. The van der Waals surface area contributed by atoms with Crippen molar-refractivity contribution < 1.29 is 23.6 Å². The molecule has 59 heavy (non-hydrogen) atoms. The van der Waals surface area contributed by atoms with Crippen LogP contribution in [-0.4, -0.2) is 105 Å². The molecule has 1 fully saturated rings. The van der Waals surface area contributed by atoms with E-state index in [1.807, 2.05) is 73.5 Å². The van der Waals surface area contributed by atoms with Gasteiger partial charge in [-0.15, -0.1) is 8.61 Å². The maximum absolute atomic E-state index is 14.0. The number of nitrogens with zero attached hydrogens (tertiary/aromatic N) is 7. The standard InChI is InChI=1S/C46H55N7O5S/c1-6-56-46(54)45-38(18-11-30-57-42-19-9-14-33-13-7-8-15-36(33)42)37-16-10-17-39-43-40(31-49(4)24-12-25-53(45)44(37)39)47-50(5)41(43)32-58-35-22-20-34(21-23-35)51-26-28-52(29-27-51)59(55)48(2)3/h7-10,13-17,19-23H,6,11-12,18,24-32H2,1-5H3. The molecule has 4 aromatic carbocycles. The Kier molecular flexibility index (Phi) is 12.5. The van der Waals surface area contributed by atoms with Crippen LogP contribution >= 0.6 is 0 Å². The molecule has 0 saturated carbocycles. The molecular formula is C46H55N7O5S. The minimum absolute atomic E-state index is 0.296. The van der Waals surface area contributed by atoms with Gasteiger partial charge in [0.15, 0.2) is 0 Å². The van der Waals surface area contributed by atoms with Crippen molar-refractivity contribution >= 4 is 44.9 Å². The van der Waals surface area contributed by atoms with Gasteiger partial charge in [0.2, 0.25) is 0 Å². The fourth-order valence-corrected chi connectivity index (χ4v) is 9.56. The summed E-state index contributed by atoms with van der Waals surface area (Å²) in [6.07, 6.45) is 2.25. The lowest BCUT2D eigenvalue weighted by Crippen LogP contribution is -2.51. The van der Waals surface area contributed by atoms with Crippen LogP contribution in [0.5, 0.6) is 11.5 Å². The Bertz CT molecular complexity index is 2400. The van der Waals surface area contributed by atoms with Gasteiger partial charge in [-0.25, -0.2) is 4.79 Å². The molecule has 0 bridgehead atoms. The molecule has 1 atom stereocenters. The highest BCUT2D eigenvalue weighted by molar-refractivity contribution is 7.86. The number of hydrogen-bond acceptors (Lipinski definition) is 10. The average Bonchev–Trinajstić information content (AvgIpc) is 3.73. The van der Waals surface area contributed by atoms with E-state index in [9.17, 15) is 9.35 Å². The maximum Gasteiger partial charge on any atom is 0.355 e. The third-order valence-corrected chi connectivity index (χ3v) is 12.9. The van der Waals surface area contributed by atoms with Gasteiger partial charge in [-0.3, -0.25) is 4.68 Å². The van der Waals surface area contributed by atoms with Crippen molar-refractivity contribution in [3.63, 3.8) is 0 Å². The molecule has 1 saturated heterocycles. The lowest BCUT2D eigenvalue weighted by molar-refractivity contribution is 0.0512. The Balaban J connectivity index is 1.09. The Morgan fingerprint density at radius 1 is 0.864 bits per heavy atom. The molecule has 0 amide bonds. The normalized spacial score (nSPS) is 15.7. The fraction of sp³-hybridized carbons (Fsp3) is 0.391. The van der Waals surface area contributed by atoms with E-state index in [2.05, 4.69) is 69.9 Å². The zero-order valence-electron chi connectivity index (χ0n) is 34.9. The molecule has 8 rings (SSSR count). The van der Waals surface area contributed by atoms with Crippen molar-refractivity contribution in [2.45, 2.75) is 45.9 Å². The van der Waals surface area contributed by atoms with E-state index >= 15 is 0 Å². The number of rotatable bonds is 13. The highest BCUT2D eigenvalue weighted by Crippen LogP contribution is 2.40. The number of fused-ring (bicyclic) bond motifs is 3. The molecule has 0 N–H and O–H groups in total. The number of aromatic nitrogens is 3. The molecule has 4 heterocycles. The molecule has 2 aliphatic rings. The molecule has 2 aliphatic heterocycles. The molecule has 310 valence electrons. The van der Waals surface area contributed by atoms with Crippen LogP contribution in [-0.2, 0) is 49.4 Å². The van der Waals surface area contributed by atoms with Crippen molar-refractivity contribution in [3.8, 4) is 22.6 Å². The monoisotopic (exact) mass is 817 g/mol. The smallest absolute Gasteiger partial charge is 0.355 e. The first-order valence-electron chi connectivity index (χ1n) is 20.7. The van der Waals surface area contributed by atoms with Crippen LogP contribution < -0.4 is 14.4 Å². The minimum Gasteiger partial charge on any atom is -0.578 e. The van der Waals surface area contributed by atoms with Gasteiger partial charge in [0.25, 0.3) is 0 Å². The highest BCUT2D eigenvalue weighted by atomic mass is 32.2. The number of piperazine rings is 1. The van der Waals surface area contributed by atoms with Crippen molar-refractivity contribution in [3.05, 3.63) is 108 Å².